The third kappa shape index (κ3) is 3.59. The molecule has 6 nitrogen and oxygen atoms in total. The van der Waals surface area contributed by atoms with E-state index in [2.05, 4.69) is 20.9 Å². The van der Waals surface area contributed by atoms with Crippen molar-refractivity contribution < 1.29 is 22.7 Å². The highest BCUT2D eigenvalue weighted by atomic mass is 19.4. The minimum Gasteiger partial charge on any atom is -0.484 e. The lowest BCUT2D eigenvalue weighted by Crippen LogP contribution is -2.39. The number of carbonyl (C=O) groups is 1. The van der Waals surface area contributed by atoms with E-state index in [1.54, 1.807) is 12.4 Å². The maximum absolute atomic E-state index is 12.5. The zero-order valence-corrected chi connectivity index (χ0v) is 13.1. The lowest BCUT2D eigenvalue weighted by atomic mass is 9.97. The molecule has 2 unspecified atom stereocenters. The molecule has 0 radical (unpaired) electrons. The van der Waals surface area contributed by atoms with Gasteiger partial charge < -0.3 is 20.7 Å². The molecule has 9 heteroatoms. The molecule has 132 valence electrons. The molecule has 2 aliphatic rings. The highest BCUT2D eigenvalue weighted by Gasteiger charge is 2.36. The molecule has 0 saturated heterocycles. The number of fused-ring (bicyclic) bond motifs is 1. The summed E-state index contributed by atoms with van der Waals surface area (Å²) in [4.78, 5) is 16.2. The Balaban J connectivity index is 1.63. The Hall–Kier alpha value is -2.97. The third-order valence-corrected chi connectivity index (χ3v) is 3.82. The zero-order valence-electron chi connectivity index (χ0n) is 13.1. The fourth-order valence-electron chi connectivity index (χ4n) is 2.64. The predicted molar refractivity (Wildman–Crippen MR) is 85.7 cm³/mol. The number of benzene rings is 1. The molecule has 1 aromatic rings. The molecular formula is C16H15F3N4O2. The summed E-state index contributed by atoms with van der Waals surface area (Å²) in [6, 6.07) is 3.55. The Morgan fingerprint density at radius 1 is 1.24 bits per heavy atom. The van der Waals surface area contributed by atoms with Crippen molar-refractivity contribution in [2.75, 3.05) is 12.4 Å². The zero-order chi connectivity index (χ0) is 18.0. The van der Waals surface area contributed by atoms with Crippen LogP contribution in [-0.2, 0) is 10.9 Å². The molecule has 2 amide bonds. The highest BCUT2D eigenvalue weighted by Crippen LogP contribution is 2.30. The lowest BCUT2D eigenvalue weighted by molar-refractivity contribution is -0.137. The molecule has 0 aliphatic carbocycles. The maximum Gasteiger partial charge on any atom is 0.416 e. The van der Waals surface area contributed by atoms with Crippen LogP contribution in [0.2, 0.25) is 0 Å². The average molecular weight is 352 g/mol. The number of hydrogen-bond donors (Lipinski definition) is 3. The van der Waals surface area contributed by atoms with Gasteiger partial charge in [0.2, 0.25) is 0 Å². The van der Waals surface area contributed by atoms with E-state index < -0.39 is 17.8 Å². The van der Waals surface area contributed by atoms with Gasteiger partial charge in [-0.3, -0.25) is 0 Å². The number of anilines is 1. The highest BCUT2D eigenvalue weighted by molar-refractivity contribution is 5.92. The topological polar surface area (TPSA) is 74.8 Å². The second-order valence-corrected chi connectivity index (χ2v) is 5.44. The first-order valence-corrected chi connectivity index (χ1v) is 7.38. The largest absolute Gasteiger partial charge is 0.484 e. The van der Waals surface area contributed by atoms with Gasteiger partial charge in [0.05, 0.1) is 18.7 Å². The van der Waals surface area contributed by atoms with Crippen molar-refractivity contribution in [1.82, 2.24) is 10.6 Å². The Labute approximate surface area is 141 Å². The Bertz CT molecular complexity index is 754. The number of alkyl halides is 3. The lowest BCUT2D eigenvalue weighted by Gasteiger charge is -2.23. The summed E-state index contributed by atoms with van der Waals surface area (Å²) in [5, 5.41) is 8.25. The van der Waals surface area contributed by atoms with Crippen LogP contribution >= 0.6 is 0 Å². The second-order valence-electron chi connectivity index (χ2n) is 5.44. The van der Waals surface area contributed by atoms with Crippen LogP contribution in [0.5, 0.6) is 0 Å². The van der Waals surface area contributed by atoms with Gasteiger partial charge in [-0.2, -0.15) is 13.2 Å². The first kappa shape index (κ1) is 16.9. The molecule has 2 atom stereocenters. The number of methoxy groups -OCH3 is 1. The number of nitrogens with zero attached hydrogens (tertiary/aromatic N) is 1. The van der Waals surface area contributed by atoms with E-state index in [9.17, 15) is 18.0 Å². The molecule has 0 saturated carbocycles. The average Bonchev–Trinajstić information content (AvgIpc) is 2.97. The molecule has 3 N–H and O–H groups in total. The molecule has 0 aromatic heterocycles. The van der Waals surface area contributed by atoms with Gasteiger partial charge in [0.15, 0.2) is 5.90 Å². The van der Waals surface area contributed by atoms with Crippen molar-refractivity contribution in [3.8, 4) is 0 Å². The van der Waals surface area contributed by atoms with E-state index in [1.807, 2.05) is 6.08 Å². The molecule has 3 rings (SSSR count). The van der Waals surface area contributed by atoms with Crippen LogP contribution in [0.4, 0.5) is 23.7 Å². The number of rotatable bonds is 2. The summed E-state index contributed by atoms with van der Waals surface area (Å²) in [5.74, 6) is 0.187. The number of ether oxygens (including phenoxy) is 1. The molecule has 0 spiro atoms. The summed E-state index contributed by atoms with van der Waals surface area (Å²) >= 11 is 0. The van der Waals surface area contributed by atoms with Crippen LogP contribution in [0.1, 0.15) is 5.56 Å². The summed E-state index contributed by atoms with van der Waals surface area (Å²) < 4.78 is 42.8. The van der Waals surface area contributed by atoms with Crippen molar-refractivity contribution in [1.29, 1.82) is 0 Å². The molecule has 25 heavy (non-hydrogen) atoms. The standard InChI is InChI=1S/C16H15F3N4O2/c1-25-14-13-11(6-7-20-14)21-8-12(13)23-15(24)22-10-4-2-9(3-5-10)16(17,18)19/h2-8,11,13,21H,1H3,(H2,22,23,24). The smallest absolute Gasteiger partial charge is 0.416 e. The van der Waals surface area contributed by atoms with Gasteiger partial charge >= 0.3 is 12.2 Å². The number of halogens is 3. The van der Waals surface area contributed by atoms with Gasteiger partial charge in [-0.25, -0.2) is 9.79 Å². The van der Waals surface area contributed by atoms with Crippen LogP contribution in [0.3, 0.4) is 0 Å². The minimum atomic E-state index is -4.42. The van der Waals surface area contributed by atoms with E-state index in [0.29, 0.717) is 11.6 Å². The Morgan fingerprint density at radius 3 is 2.60 bits per heavy atom. The molecule has 0 fully saturated rings. The fraction of sp³-hybridized carbons (Fsp3) is 0.250. The van der Waals surface area contributed by atoms with E-state index >= 15 is 0 Å². The van der Waals surface area contributed by atoms with Gasteiger partial charge in [0.25, 0.3) is 0 Å². The van der Waals surface area contributed by atoms with Crippen molar-refractivity contribution in [2.24, 2.45) is 10.9 Å². The quantitative estimate of drug-likeness (QED) is 0.766. The van der Waals surface area contributed by atoms with Crippen molar-refractivity contribution in [2.45, 2.75) is 12.2 Å². The monoisotopic (exact) mass is 352 g/mol. The second kappa shape index (κ2) is 6.50. The SMILES string of the molecule is COC1=NC=CC2NC=C(NC(=O)Nc3ccc(C(F)(F)F)cc3)C12. The number of urea groups is 1. The van der Waals surface area contributed by atoms with Crippen LogP contribution < -0.4 is 16.0 Å². The Kier molecular flexibility index (Phi) is 4.39. The Morgan fingerprint density at radius 2 is 1.96 bits per heavy atom. The van der Waals surface area contributed by atoms with Crippen LogP contribution in [0.15, 0.2) is 53.4 Å². The number of amides is 2. The molecule has 0 bridgehead atoms. The summed E-state index contributed by atoms with van der Waals surface area (Å²) in [5.41, 5.74) is 0.0241. The van der Waals surface area contributed by atoms with Crippen molar-refractivity contribution in [3.63, 3.8) is 0 Å². The van der Waals surface area contributed by atoms with Gasteiger partial charge in [0, 0.05) is 23.8 Å². The maximum atomic E-state index is 12.5. The minimum absolute atomic E-state index is 0.0752. The van der Waals surface area contributed by atoms with E-state index in [-0.39, 0.29) is 17.6 Å². The first-order chi connectivity index (χ1) is 11.9. The van der Waals surface area contributed by atoms with Gasteiger partial charge in [-0.15, -0.1) is 0 Å². The normalized spacial score (nSPS) is 21.6. The van der Waals surface area contributed by atoms with Crippen LogP contribution in [0, 0.1) is 5.92 Å². The molecule has 1 aromatic carbocycles. The van der Waals surface area contributed by atoms with E-state index in [4.69, 9.17) is 4.74 Å². The number of aliphatic imine (C=N–C) groups is 1. The molecular weight excluding hydrogens is 337 g/mol. The van der Waals surface area contributed by atoms with Gasteiger partial charge in [-0.05, 0) is 30.3 Å². The summed E-state index contributed by atoms with van der Waals surface area (Å²) in [7, 11) is 1.49. The number of hydrogen-bond acceptors (Lipinski definition) is 4. The predicted octanol–water partition coefficient (Wildman–Crippen LogP) is 2.83. The fourth-order valence-corrected chi connectivity index (χ4v) is 2.64. The van der Waals surface area contributed by atoms with E-state index in [1.165, 1.54) is 19.2 Å². The summed E-state index contributed by atoms with van der Waals surface area (Å²) in [6.45, 7) is 0. The molecule has 2 heterocycles. The third-order valence-electron chi connectivity index (χ3n) is 3.82. The van der Waals surface area contributed by atoms with E-state index in [0.717, 1.165) is 12.1 Å². The number of carbonyl (C=O) groups excluding carboxylic acids is 1. The van der Waals surface area contributed by atoms with Crippen LogP contribution in [0.25, 0.3) is 0 Å². The van der Waals surface area contributed by atoms with Gasteiger partial charge in [-0.1, -0.05) is 0 Å². The van der Waals surface area contributed by atoms with Gasteiger partial charge in [0.1, 0.15) is 5.92 Å². The molecule has 2 aliphatic heterocycles. The first-order valence-electron chi connectivity index (χ1n) is 7.38. The number of nitrogens with one attached hydrogen (secondary N) is 3. The summed E-state index contributed by atoms with van der Waals surface area (Å²) in [6.07, 6.45) is 0.685. The van der Waals surface area contributed by atoms with Crippen molar-refractivity contribution >= 4 is 17.6 Å². The van der Waals surface area contributed by atoms with Crippen LogP contribution in [-0.4, -0.2) is 25.1 Å². The van der Waals surface area contributed by atoms with Crippen molar-refractivity contribution in [3.05, 3.63) is 54.0 Å².